The van der Waals surface area contributed by atoms with Gasteiger partial charge in [-0.1, -0.05) is 74.3 Å². The second-order valence-corrected chi connectivity index (χ2v) is 11.2. The topological polar surface area (TPSA) is 67.8 Å². The van der Waals surface area contributed by atoms with Crippen LogP contribution in [0.4, 0.5) is 0 Å². The molecule has 0 aliphatic carbocycles. The van der Waals surface area contributed by atoms with E-state index in [2.05, 4.69) is 80.9 Å². The molecular formula is C26H16Br3IN2O3. The molecule has 9 heteroatoms. The zero-order valence-electron chi connectivity index (χ0n) is 17.9. The molecule has 0 radical (unpaired) electrons. The van der Waals surface area contributed by atoms with Crippen molar-refractivity contribution < 1.29 is 14.3 Å². The lowest BCUT2D eigenvalue weighted by Crippen LogP contribution is -2.20. The minimum atomic E-state index is -0.487. The number of benzene rings is 4. The molecule has 0 atom stereocenters. The highest BCUT2D eigenvalue weighted by atomic mass is 127. The standard InChI is InChI=1S/C26H16Br3IN2O3/c27-17-11-16(25(22(29)13-17)35-26(34)20-7-3-4-8-23(20)30)14-31-32-24(33)12-15-9-10-21(28)19-6-2-1-5-18(15)19/h1-11,13-14H,12H2,(H,32,33). The number of nitrogens with zero attached hydrogens (tertiary/aromatic N) is 1. The van der Waals surface area contributed by atoms with E-state index >= 15 is 0 Å². The Morgan fingerprint density at radius 1 is 0.914 bits per heavy atom. The minimum Gasteiger partial charge on any atom is -0.421 e. The fourth-order valence-corrected chi connectivity index (χ4v) is 5.85. The highest BCUT2D eigenvalue weighted by Crippen LogP contribution is 2.33. The quantitative estimate of drug-likeness (QED) is 0.0721. The normalized spacial score (nSPS) is 11.1. The van der Waals surface area contributed by atoms with Crippen molar-refractivity contribution in [1.29, 1.82) is 0 Å². The summed E-state index contributed by atoms with van der Waals surface area (Å²) in [4.78, 5) is 25.4. The van der Waals surface area contributed by atoms with Gasteiger partial charge in [-0.3, -0.25) is 4.79 Å². The summed E-state index contributed by atoms with van der Waals surface area (Å²) in [5.74, 6) is -0.450. The number of halogens is 4. The van der Waals surface area contributed by atoms with E-state index in [4.69, 9.17) is 4.74 Å². The molecule has 0 heterocycles. The Hall–Kier alpha value is -2.08. The van der Waals surface area contributed by atoms with Crippen molar-refractivity contribution in [3.05, 3.63) is 106 Å². The molecule has 0 aliphatic heterocycles. The van der Waals surface area contributed by atoms with Crippen molar-refractivity contribution >= 4 is 99.2 Å². The van der Waals surface area contributed by atoms with Crippen molar-refractivity contribution in [2.24, 2.45) is 5.10 Å². The predicted molar refractivity (Wildman–Crippen MR) is 157 cm³/mol. The molecule has 4 aromatic carbocycles. The number of rotatable bonds is 6. The van der Waals surface area contributed by atoms with E-state index in [0.29, 0.717) is 21.3 Å². The Bertz CT molecular complexity index is 1470. The number of carbonyl (C=O) groups excluding carboxylic acids is 2. The van der Waals surface area contributed by atoms with Crippen molar-refractivity contribution in [2.75, 3.05) is 0 Å². The van der Waals surface area contributed by atoms with Gasteiger partial charge in [0.25, 0.3) is 0 Å². The van der Waals surface area contributed by atoms with Crippen molar-refractivity contribution in [2.45, 2.75) is 6.42 Å². The smallest absolute Gasteiger partial charge is 0.344 e. The summed E-state index contributed by atoms with van der Waals surface area (Å²) in [5.41, 5.74) is 4.44. The van der Waals surface area contributed by atoms with Crippen LogP contribution in [0.3, 0.4) is 0 Å². The van der Waals surface area contributed by atoms with Crippen LogP contribution in [-0.2, 0) is 11.2 Å². The van der Waals surface area contributed by atoms with Crippen LogP contribution in [0.5, 0.6) is 5.75 Å². The number of amides is 1. The van der Waals surface area contributed by atoms with Crippen molar-refractivity contribution in [3.8, 4) is 5.75 Å². The van der Waals surface area contributed by atoms with E-state index in [-0.39, 0.29) is 12.3 Å². The Balaban J connectivity index is 1.51. The molecule has 0 unspecified atom stereocenters. The Morgan fingerprint density at radius 3 is 2.40 bits per heavy atom. The first-order valence-electron chi connectivity index (χ1n) is 10.3. The first-order chi connectivity index (χ1) is 16.8. The van der Waals surface area contributed by atoms with Crippen molar-refractivity contribution in [3.63, 3.8) is 0 Å². The summed E-state index contributed by atoms with van der Waals surface area (Å²) in [5, 5.41) is 6.15. The Labute approximate surface area is 240 Å². The number of hydrazone groups is 1. The first kappa shape index (κ1) is 26.0. The van der Waals surface area contributed by atoms with Gasteiger partial charge in [-0.05, 0) is 85.2 Å². The van der Waals surface area contributed by atoms with Gasteiger partial charge in [-0.25, -0.2) is 10.2 Å². The van der Waals surface area contributed by atoms with Crippen LogP contribution in [0.25, 0.3) is 10.8 Å². The lowest BCUT2D eigenvalue weighted by Gasteiger charge is -2.11. The molecule has 0 bridgehead atoms. The summed E-state index contributed by atoms with van der Waals surface area (Å²) >= 11 is 12.5. The van der Waals surface area contributed by atoms with Gasteiger partial charge in [0.2, 0.25) is 5.91 Å². The number of hydrogen-bond donors (Lipinski definition) is 1. The molecule has 1 N–H and O–H groups in total. The first-order valence-corrected chi connectivity index (χ1v) is 13.7. The van der Waals surface area contributed by atoms with E-state index < -0.39 is 5.97 Å². The third kappa shape index (κ3) is 6.38. The number of carbonyl (C=O) groups is 2. The lowest BCUT2D eigenvalue weighted by atomic mass is 10.0. The van der Waals surface area contributed by atoms with Gasteiger partial charge in [0.1, 0.15) is 0 Å². The van der Waals surface area contributed by atoms with E-state index in [9.17, 15) is 9.59 Å². The molecule has 0 fully saturated rings. The van der Waals surface area contributed by atoms with Crippen LogP contribution in [0, 0.1) is 3.57 Å². The van der Waals surface area contributed by atoms with Crippen LogP contribution < -0.4 is 10.2 Å². The zero-order valence-corrected chi connectivity index (χ0v) is 24.8. The summed E-state index contributed by atoms with van der Waals surface area (Å²) in [6.07, 6.45) is 1.62. The Kier molecular flexibility index (Phi) is 8.74. The zero-order chi connectivity index (χ0) is 24.9. The van der Waals surface area contributed by atoms with Gasteiger partial charge in [-0.2, -0.15) is 5.10 Å². The maximum atomic E-state index is 12.8. The summed E-state index contributed by atoms with van der Waals surface area (Å²) < 4.78 is 8.78. The van der Waals surface area contributed by atoms with Gasteiger partial charge in [-0.15, -0.1) is 0 Å². The molecule has 1 amide bonds. The van der Waals surface area contributed by atoms with Crippen LogP contribution in [-0.4, -0.2) is 18.1 Å². The average molecular weight is 771 g/mol. The second-order valence-electron chi connectivity index (χ2n) is 7.40. The summed E-state index contributed by atoms with van der Waals surface area (Å²) in [6.45, 7) is 0. The molecule has 0 saturated carbocycles. The van der Waals surface area contributed by atoms with Crippen LogP contribution >= 0.6 is 70.4 Å². The number of fused-ring (bicyclic) bond motifs is 1. The number of nitrogens with one attached hydrogen (secondary N) is 1. The van der Waals surface area contributed by atoms with Crippen molar-refractivity contribution in [1.82, 2.24) is 5.43 Å². The largest absolute Gasteiger partial charge is 0.421 e. The van der Waals surface area contributed by atoms with E-state index in [0.717, 1.165) is 28.9 Å². The minimum absolute atomic E-state index is 0.168. The molecule has 0 saturated heterocycles. The molecule has 5 nitrogen and oxygen atoms in total. The van der Waals surface area contributed by atoms with Crippen LogP contribution in [0.2, 0.25) is 0 Å². The van der Waals surface area contributed by atoms with E-state index in [1.807, 2.05) is 48.5 Å². The van der Waals surface area contributed by atoms with Gasteiger partial charge < -0.3 is 4.74 Å². The number of hydrogen-bond acceptors (Lipinski definition) is 4. The molecule has 0 spiro atoms. The molecule has 0 aromatic heterocycles. The SMILES string of the molecule is O=C(Cc1ccc(Br)c2ccccc12)NN=Cc1cc(Br)cc(Br)c1OC(=O)c1ccccc1I. The van der Waals surface area contributed by atoms with Crippen LogP contribution in [0.15, 0.2) is 91.3 Å². The highest BCUT2D eigenvalue weighted by Gasteiger charge is 2.17. The summed E-state index contributed by atoms with van der Waals surface area (Å²) in [7, 11) is 0. The fourth-order valence-electron chi connectivity index (χ4n) is 3.42. The molecule has 176 valence electrons. The van der Waals surface area contributed by atoms with Gasteiger partial charge >= 0.3 is 5.97 Å². The fraction of sp³-hybridized carbons (Fsp3) is 0.0385. The third-order valence-electron chi connectivity index (χ3n) is 5.03. The van der Waals surface area contributed by atoms with Gasteiger partial charge in [0.15, 0.2) is 5.75 Å². The average Bonchev–Trinajstić information content (AvgIpc) is 2.83. The second kappa shape index (κ2) is 11.8. The summed E-state index contributed by atoms with van der Waals surface area (Å²) in [6, 6.07) is 22.4. The van der Waals surface area contributed by atoms with Gasteiger partial charge in [0.05, 0.1) is 22.7 Å². The Morgan fingerprint density at radius 2 is 1.63 bits per heavy atom. The number of ether oxygens (including phenoxy) is 1. The van der Waals surface area contributed by atoms with E-state index in [1.54, 1.807) is 24.3 Å². The molecule has 4 aromatic rings. The maximum Gasteiger partial charge on any atom is 0.344 e. The van der Waals surface area contributed by atoms with Crippen LogP contribution in [0.1, 0.15) is 21.5 Å². The molecule has 4 rings (SSSR count). The lowest BCUT2D eigenvalue weighted by molar-refractivity contribution is -0.120. The highest BCUT2D eigenvalue weighted by molar-refractivity contribution is 14.1. The molecular weight excluding hydrogens is 755 g/mol. The maximum absolute atomic E-state index is 12.8. The predicted octanol–water partition coefficient (Wildman–Crippen LogP) is 7.64. The van der Waals surface area contributed by atoms with Gasteiger partial charge in [0, 0.05) is 18.1 Å². The monoisotopic (exact) mass is 768 g/mol. The molecule has 35 heavy (non-hydrogen) atoms. The third-order valence-corrected chi connectivity index (χ3v) is 7.71. The van der Waals surface area contributed by atoms with E-state index in [1.165, 1.54) is 6.21 Å². The molecule has 0 aliphatic rings. The number of esters is 1.